The fourth-order valence-electron chi connectivity index (χ4n) is 2.62. The molecule has 0 unspecified atom stereocenters. The SMILES string of the molecule is CC(=O)OC[C@H]1O[C@@H](c2ccn(C(C)=O)n2)[C@H](OC(C)=O)[C@@H]1OC(C)=O. The predicted molar refractivity (Wildman–Crippen MR) is 83.9 cm³/mol. The van der Waals surface area contributed by atoms with E-state index in [4.69, 9.17) is 18.9 Å². The van der Waals surface area contributed by atoms with Crippen molar-refractivity contribution in [2.24, 2.45) is 0 Å². The van der Waals surface area contributed by atoms with Crippen molar-refractivity contribution in [3.63, 3.8) is 0 Å². The first-order valence-electron chi connectivity index (χ1n) is 7.88. The number of ether oxygens (including phenoxy) is 4. The fraction of sp³-hybridized carbons (Fsp3) is 0.562. The van der Waals surface area contributed by atoms with Crippen LogP contribution in [0.3, 0.4) is 0 Å². The lowest BCUT2D eigenvalue weighted by atomic mass is 10.1. The van der Waals surface area contributed by atoms with Crippen molar-refractivity contribution < 1.29 is 38.1 Å². The summed E-state index contributed by atoms with van der Waals surface area (Å²) in [6, 6.07) is 1.53. The Hall–Kier alpha value is -2.75. The molecule has 0 aromatic carbocycles. The molecule has 4 atom stereocenters. The van der Waals surface area contributed by atoms with Crippen LogP contribution >= 0.6 is 0 Å². The van der Waals surface area contributed by atoms with Gasteiger partial charge in [0.25, 0.3) is 0 Å². The van der Waals surface area contributed by atoms with E-state index in [1.165, 1.54) is 40.0 Å². The summed E-state index contributed by atoms with van der Waals surface area (Å²) < 4.78 is 22.4. The van der Waals surface area contributed by atoms with Gasteiger partial charge in [-0.15, -0.1) is 0 Å². The van der Waals surface area contributed by atoms with Crippen molar-refractivity contribution in [2.75, 3.05) is 6.61 Å². The summed E-state index contributed by atoms with van der Waals surface area (Å²) >= 11 is 0. The average Bonchev–Trinajstić information content (AvgIpc) is 3.11. The Balaban J connectivity index is 2.33. The molecule has 0 N–H and O–H groups in total. The first kappa shape index (κ1) is 19.6. The molecular formula is C16H20N2O8. The highest BCUT2D eigenvalue weighted by molar-refractivity contribution is 5.75. The fourth-order valence-corrected chi connectivity index (χ4v) is 2.62. The van der Waals surface area contributed by atoms with Crippen LogP contribution in [0, 0.1) is 0 Å². The molecule has 0 amide bonds. The van der Waals surface area contributed by atoms with Gasteiger partial charge in [0.1, 0.15) is 18.8 Å². The molecular weight excluding hydrogens is 348 g/mol. The van der Waals surface area contributed by atoms with E-state index in [1.54, 1.807) is 0 Å². The maximum atomic E-state index is 11.5. The summed E-state index contributed by atoms with van der Waals surface area (Å²) in [7, 11) is 0. The van der Waals surface area contributed by atoms with Gasteiger partial charge in [-0.25, -0.2) is 4.68 Å². The molecule has 1 aromatic heterocycles. The van der Waals surface area contributed by atoms with Crippen molar-refractivity contribution in [1.82, 2.24) is 9.78 Å². The van der Waals surface area contributed by atoms with Crippen LogP contribution in [0.25, 0.3) is 0 Å². The van der Waals surface area contributed by atoms with E-state index >= 15 is 0 Å². The summed E-state index contributed by atoms with van der Waals surface area (Å²) in [5.41, 5.74) is 0.314. The molecule has 2 rings (SSSR count). The zero-order valence-electron chi connectivity index (χ0n) is 14.8. The van der Waals surface area contributed by atoms with Crippen molar-refractivity contribution in [1.29, 1.82) is 0 Å². The highest BCUT2D eigenvalue weighted by Crippen LogP contribution is 2.37. The molecule has 0 aliphatic carbocycles. The van der Waals surface area contributed by atoms with Crippen LogP contribution in [-0.4, -0.2) is 58.5 Å². The molecule has 10 heteroatoms. The second kappa shape index (κ2) is 8.09. The highest BCUT2D eigenvalue weighted by atomic mass is 16.6. The maximum absolute atomic E-state index is 11.5. The van der Waals surface area contributed by atoms with Gasteiger partial charge in [-0.3, -0.25) is 19.2 Å². The Morgan fingerprint density at radius 3 is 2.15 bits per heavy atom. The smallest absolute Gasteiger partial charge is 0.303 e. The zero-order chi connectivity index (χ0) is 19.4. The summed E-state index contributed by atoms with van der Waals surface area (Å²) in [4.78, 5) is 45.5. The lowest BCUT2D eigenvalue weighted by Crippen LogP contribution is -2.40. The number of rotatable bonds is 5. The van der Waals surface area contributed by atoms with E-state index in [-0.39, 0.29) is 12.5 Å². The predicted octanol–water partition coefficient (Wildman–Crippen LogP) is 0.410. The third-order valence-corrected chi connectivity index (χ3v) is 3.59. The zero-order valence-corrected chi connectivity index (χ0v) is 14.8. The number of carbonyl (C=O) groups excluding carboxylic acids is 4. The van der Waals surface area contributed by atoms with Gasteiger partial charge in [0, 0.05) is 33.9 Å². The van der Waals surface area contributed by atoms with E-state index in [0.717, 1.165) is 4.68 Å². The lowest BCUT2D eigenvalue weighted by molar-refractivity contribution is -0.165. The first-order chi connectivity index (χ1) is 12.2. The topological polar surface area (TPSA) is 123 Å². The third-order valence-electron chi connectivity index (χ3n) is 3.59. The van der Waals surface area contributed by atoms with Crippen molar-refractivity contribution in [2.45, 2.75) is 52.1 Å². The van der Waals surface area contributed by atoms with Crippen LogP contribution in [0.1, 0.15) is 44.3 Å². The van der Waals surface area contributed by atoms with Crippen molar-refractivity contribution in [3.05, 3.63) is 18.0 Å². The van der Waals surface area contributed by atoms with Gasteiger partial charge in [0.15, 0.2) is 12.2 Å². The minimum absolute atomic E-state index is 0.199. The van der Waals surface area contributed by atoms with Gasteiger partial charge in [-0.1, -0.05) is 0 Å². The second-order valence-electron chi connectivity index (χ2n) is 5.75. The summed E-state index contributed by atoms with van der Waals surface area (Å²) in [6.07, 6.45) is -2.33. The Kier molecular flexibility index (Phi) is 6.09. The Morgan fingerprint density at radius 2 is 1.65 bits per heavy atom. The highest BCUT2D eigenvalue weighted by Gasteiger charge is 2.51. The molecule has 0 spiro atoms. The molecule has 0 bridgehead atoms. The van der Waals surface area contributed by atoms with Crippen molar-refractivity contribution >= 4 is 23.8 Å². The van der Waals surface area contributed by atoms with Gasteiger partial charge >= 0.3 is 17.9 Å². The van der Waals surface area contributed by atoms with Gasteiger partial charge in [0.05, 0.1) is 5.69 Å². The molecule has 1 aromatic rings. The number of esters is 3. The third kappa shape index (κ3) is 4.66. The summed E-state index contributed by atoms with van der Waals surface area (Å²) in [6.45, 7) is 4.77. The number of carbonyl (C=O) groups is 4. The van der Waals surface area contributed by atoms with E-state index in [0.29, 0.717) is 5.69 Å². The van der Waals surface area contributed by atoms with Crippen LogP contribution in [0.15, 0.2) is 12.3 Å². The Labute approximate surface area is 149 Å². The van der Waals surface area contributed by atoms with Gasteiger partial charge < -0.3 is 18.9 Å². The van der Waals surface area contributed by atoms with E-state index in [1.807, 2.05) is 0 Å². The molecule has 0 saturated carbocycles. The molecule has 142 valence electrons. The number of hydrogen-bond donors (Lipinski definition) is 0. The Bertz CT molecular complexity index is 713. The van der Waals surface area contributed by atoms with Crippen LogP contribution in [0.4, 0.5) is 0 Å². The monoisotopic (exact) mass is 368 g/mol. The quantitative estimate of drug-likeness (QED) is 0.537. The second-order valence-corrected chi connectivity index (χ2v) is 5.75. The maximum Gasteiger partial charge on any atom is 0.303 e. The minimum atomic E-state index is -1.01. The van der Waals surface area contributed by atoms with E-state index < -0.39 is 42.3 Å². The molecule has 1 aliphatic heterocycles. The largest absolute Gasteiger partial charge is 0.463 e. The number of aromatic nitrogens is 2. The minimum Gasteiger partial charge on any atom is -0.463 e. The van der Waals surface area contributed by atoms with Crippen LogP contribution in [0.2, 0.25) is 0 Å². The average molecular weight is 368 g/mol. The summed E-state index contributed by atoms with van der Waals surface area (Å²) in [5, 5.41) is 4.10. The van der Waals surface area contributed by atoms with Gasteiger partial charge in [0.2, 0.25) is 5.91 Å². The molecule has 2 heterocycles. The van der Waals surface area contributed by atoms with Crippen LogP contribution < -0.4 is 0 Å². The number of hydrogen-bond acceptors (Lipinski definition) is 9. The normalized spacial score (nSPS) is 24.8. The standard InChI is InChI=1S/C16H20N2O8/c1-8(19)18-6-5-12(17-18)14-16(25-11(4)22)15(24-10(3)21)13(26-14)7-23-9(2)20/h5-6,13-16H,7H2,1-4H3/t13-,14+,15-,16+/m1/s1. The van der Waals surface area contributed by atoms with Crippen molar-refractivity contribution in [3.8, 4) is 0 Å². The molecule has 26 heavy (non-hydrogen) atoms. The molecule has 0 radical (unpaired) electrons. The molecule has 1 fully saturated rings. The van der Waals surface area contributed by atoms with Crippen LogP contribution in [-0.2, 0) is 33.3 Å². The van der Waals surface area contributed by atoms with E-state index in [2.05, 4.69) is 5.10 Å². The lowest BCUT2D eigenvalue weighted by Gasteiger charge is -2.22. The van der Waals surface area contributed by atoms with Gasteiger partial charge in [-0.05, 0) is 6.07 Å². The Morgan fingerprint density at radius 1 is 1.04 bits per heavy atom. The number of nitrogens with zero attached hydrogens (tertiary/aromatic N) is 2. The summed E-state index contributed by atoms with van der Waals surface area (Å²) in [5.74, 6) is -2.08. The van der Waals surface area contributed by atoms with Gasteiger partial charge in [-0.2, -0.15) is 5.10 Å². The molecule has 1 aliphatic rings. The molecule has 1 saturated heterocycles. The van der Waals surface area contributed by atoms with Crippen LogP contribution in [0.5, 0.6) is 0 Å². The van der Waals surface area contributed by atoms with E-state index in [9.17, 15) is 19.2 Å². The molecule has 10 nitrogen and oxygen atoms in total. The first-order valence-corrected chi connectivity index (χ1v) is 7.88.